The van der Waals surface area contributed by atoms with Crippen LogP contribution in [0.25, 0.3) is 10.2 Å². The molecule has 0 bridgehead atoms. The summed E-state index contributed by atoms with van der Waals surface area (Å²) in [5.41, 5.74) is 2.09. The van der Waals surface area contributed by atoms with Crippen molar-refractivity contribution >= 4 is 32.6 Å². The van der Waals surface area contributed by atoms with Gasteiger partial charge in [0.25, 0.3) is 0 Å². The number of nitriles is 1. The predicted molar refractivity (Wildman–Crippen MR) is 84.6 cm³/mol. The van der Waals surface area contributed by atoms with E-state index in [-0.39, 0.29) is 12.3 Å². The van der Waals surface area contributed by atoms with E-state index in [1.807, 2.05) is 12.1 Å². The van der Waals surface area contributed by atoms with Gasteiger partial charge in [-0.3, -0.25) is 9.69 Å². The number of hydrogen-bond donors (Lipinski definition) is 1. The molecule has 1 saturated heterocycles. The first-order valence-electron chi connectivity index (χ1n) is 7.11. The SMILES string of the molecule is N#CCC(=O)Nc1nc2ccc(CN3CCOCC3)cc2s1. The molecule has 6 nitrogen and oxygen atoms in total. The van der Waals surface area contributed by atoms with Crippen LogP contribution < -0.4 is 5.32 Å². The number of ether oxygens (including phenoxy) is 1. The number of carbonyl (C=O) groups is 1. The lowest BCUT2D eigenvalue weighted by Crippen LogP contribution is -2.35. The van der Waals surface area contributed by atoms with Crippen LogP contribution in [-0.2, 0) is 16.1 Å². The Bertz CT molecular complexity index is 716. The standard InChI is InChI=1S/C15H16N4O2S/c16-4-3-14(20)18-15-17-12-2-1-11(9-13(12)22-15)10-19-5-7-21-8-6-19/h1-2,9H,3,5-8,10H2,(H,17,18,20). The minimum atomic E-state index is -0.324. The average Bonchev–Trinajstić information content (AvgIpc) is 2.90. The number of rotatable bonds is 4. The minimum Gasteiger partial charge on any atom is -0.379 e. The molecule has 1 amide bonds. The number of anilines is 1. The molecule has 1 N–H and O–H groups in total. The molecule has 0 radical (unpaired) electrons. The van der Waals surface area contributed by atoms with Crippen molar-refractivity contribution < 1.29 is 9.53 Å². The van der Waals surface area contributed by atoms with Crippen molar-refractivity contribution in [2.75, 3.05) is 31.6 Å². The molecule has 7 heteroatoms. The fourth-order valence-electron chi connectivity index (χ4n) is 2.37. The lowest BCUT2D eigenvalue weighted by atomic mass is 10.2. The highest BCUT2D eigenvalue weighted by Gasteiger charge is 2.12. The van der Waals surface area contributed by atoms with Crippen LogP contribution in [0.4, 0.5) is 5.13 Å². The summed E-state index contributed by atoms with van der Waals surface area (Å²) in [5.74, 6) is -0.324. The number of morpholine rings is 1. The third-order valence-electron chi connectivity index (χ3n) is 3.45. The van der Waals surface area contributed by atoms with E-state index in [0.29, 0.717) is 5.13 Å². The number of aromatic nitrogens is 1. The van der Waals surface area contributed by atoms with Gasteiger partial charge in [0.1, 0.15) is 6.42 Å². The van der Waals surface area contributed by atoms with E-state index in [4.69, 9.17) is 10.00 Å². The Morgan fingerprint density at radius 3 is 3.05 bits per heavy atom. The van der Waals surface area contributed by atoms with Gasteiger partial charge in [-0.2, -0.15) is 5.26 Å². The van der Waals surface area contributed by atoms with Gasteiger partial charge < -0.3 is 10.1 Å². The first-order valence-corrected chi connectivity index (χ1v) is 7.92. The second kappa shape index (κ2) is 6.83. The van der Waals surface area contributed by atoms with Crippen molar-refractivity contribution in [2.24, 2.45) is 0 Å². The molecule has 2 heterocycles. The van der Waals surface area contributed by atoms with Crippen molar-refractivity contribution in [3.8, 4) is 6.07 Å². The van der Waals surface area contributed by atoms with Crippen molar-refractivity contribution in [1.29, 1.82) is 5.26 Å². The highest BCUT2D eigenvalue weighted by atomic mass is 32.1. The summed E-state index contributed by atoms with van der Waals surface area (Å²) in [7, 11) is 0. The van der Waals surface area contributed by atoms with E-state index in [0.717, 1.165) is 43.1 Å². The average molecular weight is 316 g/mol. The summed E-state index contributed by atoms with van der Waals surface area (Å²) in [5, 5.41) is 11.7. The molecule has 1 fully saturated rings. The van der Waals surface area contributed by atoms with E-state index in [9.17, 15) is 4.79 Å². The van der Waals surface area contributed by atoms with Gasteiger partial charge in [0.15, 0.2) is 5.13 Å². The Kier molecular flexibility index (Phi) is 4.63. The van der Waals surface area contributed by atoms with Crippen LogP contribution in [0.5, 0.6) is 0 Å². The fourth-order valence-corrected chi connectivity index (χ4v) is 3.32. The normalized spacial score (nSPS) is 15.6. The molecule has 0 spiro atoms. The summed E-state index contributed by atoms with van der Waals surface area (Å²) in [6.07, 6.45) is -0.155. The van der Waals surface area contributed by atoms with Crippen molar-refractivity contribution in [3.63, 3.8) is 0 Å². The number of amides is 1. The monoisotopic (exact) mass is 316 g/mol. The first kappa shape index (κ1) is 14.9. The van der Waals surface area contributed by atoms with Gasteiger partial charge in [-0.15, -0.1) is 0 Å². The van der Waals surface area contributed by atoms with Gasteiger partial charge in [0.05, 0.1) is 29.5 Å². The van der Waals surface area contributed by atoms with Crippen molar-refractivity contribution in [3.05, 3.63) is 23.8 Å². The highest BCUT2D eigenvalue weighted by molar-refractivity contribution is 7.22. The van der Waals surface area contributed by atoms with Gasteiger partial charge >= 0.3 is 0 Å². The molecule has 1 aromatic carbocycles. The fraction of sp³-hybridized carbons (Fsp3) is 0.400. The molecule has 0 unspecified atom stereocenters. The molecule has 1 aromatic heterocycles. The number of nitrogens with one attached hydrogen (secondary N) is 1. The van der Waals surface area contributed by atoms with E-state index >= 15 is 0 Å². The summed E-state index contributed by atoms with van der Waals surface area (Å²) < 4.78 is 6.39. The lowest BCUT2D eigenvalue weighted by molar-refractivity contribution is -0.115. The zero-order valence-electron chi connectivity index (χ0n) is 12.0. The first-order chi connectivity index (χ1) is 10.7. The van der Waals surface area contributed by atoms with Gasteiger partial charge in [-0.25, -0.2) is 4.98 Å². The number of thiazole rings is 1. The molecule has 0 atom stereocenters. The summed E-state index contributed by atoms with van der Waals surface area (Å²) in [6.45, 7) is 4.38. The molecule has 1 aliphatic rings. The molecular weight excluding hydrogens is 300 g/mol. The van der Waals surface area contributed by atoms with Crippen LogP contribution in [0.3, 0.4) is 0 Å². The van der Waals surface area contributed by atoms with E-state index < -0.39 is 0 Å². The van der Waals surface area contributed by atoms with Crippen molar-refractivity contribution in [2.45, 2.75) is 13.0 Å². The molecule has 2 aromatic rings. The maximum atomic E-state index is 11.4. The van der Waals surface area contributed by atoms with Gasteiger partial charge in [0, 0.05) is 19.6 Å². The molecule has 3 rings (SSSR count). The van der Waals surface area contributed by atoms with E-state index in [1.165, 1.54) is 16.9 Å². The molecule has 0 saturated carbocycles. The zero-order valence-corrected chi connectivity index (χ0v) is 12.9. The van der Waals surface area contributed by atoms with Gasteiger partial charge in [-0.1, -0.05) is 17.4 Å². The number of fused-ring (bicyclic) bond motifs is 1. The smallest absolute Gasteiger partial charge is 0.240 e. The molecule has 0 aliphatic carbocycles. The predicted octanol–water partition coefficient (Wildman–Crippen LogP) is 1.98. The topological polar surface area (TPSA) is 78.2 Å². The molecule has 1 aliphatic heterocycles. The van der Waals surface area contributed by atoms with Crippen LogP contribution in [-0.4, -0.2) is 42.1 Å². The lowest BCUT2D eigenvalue weighted by Gasteiger charge is -2.26. The van der Waals surface area contributed by atoms with Crippen LogP contribution in [0.2, 0.25) is 0 Å². The largest absolute Gasteiger partial charge is 0.379 e. The Hall–Kier alpha value is -2.01. The second-order valence-electron chi connectivity index (χ2n) is 5.09. The second-order valence-corrected chi connectivity index (χ2v) is 6.12. The molecular formula is C15H16N4O2S. The molecule has 22 heavy (non-hydrogen) atoms. The van der Waals surface area contributed by atoms with E-state index in [2.05, 4.69) is 27.3 Å². The minimum absolute atomic E-state index is 0.155. The Labute approximate surface area is 132 Å². The third-order valence-corrected chi connectivity index (χ3v) is 4.38. The Balaban J connectivity index is 1.72. The van der Waals surface area contributed by atoms with Crippen LogP contribution in [0, 0.1) is 11.3 Å². The van der Waals surface area contributed by atoms with Crippen molar-refractivity contribution in [1.82, 2.24) is 9.88 Å². The quantitative estimate of drug-likeness (QED) is 0.933. The maximum Gasteiger partial charge on any atom is 0.240 e. The maximum absolute atomic E-state index is 11.4. The van der Waals surface area contributed by atoms with Gasteiger partial charge in [0.2, 0.25) is 5.91 Å². The number of benzene rings is 1. The zero-order chi connectivity index (χ0) is 15.4. The Morgan fingerprint density at radius 1 is 1.45 bits per heavy atom. The Morgan fingerprint density at radius 2 is 2.27 bits per heavy atom. The van der Waals surface area contributed by atoms with E-state index in [1.54, 1.807) is 0 Å². The third kappa shape index (κ3) is 3.60. The highest BCUT2D eigenvalue weighted by Crippen LogP contribution is 2.27. The summed E-state index contributed by atoms with van der Waals surface area (Å²) in [6, 6.07) is 7.98. The van der Waals surface area contributed by atoms with Gasteiger partial charge in [-0.05, 0) is 17.7 Å². The molecule has 114 valence electrons. The summed E-state index contributed by atoms with van der Waals surface area (Å²) >= 11 is 1.43. The van der Waals surface area contributed by atoms with Crippen LogP contribution in [0.1, 0.15) is 12.0 Å². The number of carbonyl (C=O) groups excluding carboxylic acids is 1. The van der Waals surface area contributed by atoms with Crippen LogP contribution >= 0.6 is 11.3 Å². The van der Waals surface area contributed by atoms with Crippen LogP contribution in [0.15, 0.2) is 18.2 Å². The number of hydrogen-bond acceptors (Lipinski definition) is 6. The number of nitrogens with zero attached hydrogens (tertiary/aromatic N) is 3. The summed E-state index contributed by atoms with van der Waals surface area (Å²) in [4.78, 5) is 18.2.